The van der Waals surface area contributed by atoms with Crippen LogP contribution in [0.5, 0.6) is 5.75 Å². The minimum absolute atomic E-state index is 0.0786. The molecule has 0 spiro atoms. The quantitative estimate of drug-likeness (QED) is 0.246. The number of likely N-dealkylation sites (N-methyl/N-ethyl adjacent to an activating group) is 1. The number of ether oxygens (including phenoxy) is 1. The lowest BCUT2D eigenvalue weighted by molar-refractivity contribution is 0.0389. The van der Waals surface area contributed by atoms with Gasteiger partial charge in [-0.25, -0.2) is 17.6 Å². The number of anilines is 2. The number of carbonyl (C=O) groups is 2. The molecule has 1 aliphatic rings. The summed E-state index contributed by atoms with van der Waals surface area (Å²) in [7, 11) is -2.62. The maximum atomic E-state index is 13.8. The Labute approximate surface area is 261 Å². The summed E-state index contributed by atoms with van der Waals surface area (Å²) in [5.41, 5.74) is 0.945. The number of aliphatic hydroxyl groups excluding tert-OH is 1. The van der Waals surface area contributed by atoms with Crippen molar-refractivity contribution in [2.75, 3.05) is 37.4 Å². The lowest BCUT2D eigenvalue weighted by Crippen LogP contribution is -2.50. The van der Waals surface area contributed by atoms with Crippen molar-refractivity contribution in [2.45, 2.75) is 30.9 Å². The summed E-state index contributed by atoms with van der Waals surface area (Å²) < 4.78 is 47.8. The van der Waals surface area contributed by atoms with Crippen LogP contribution in [0.15, 0.2) is 89.8 Å². The van der Waals surface area contributed by atoms with E-state index in [0.29, 0.717) is 5.69 Å². The number of urea groups is 1. The molecule has 1 heterocycles. The largest absolute Gasteiger partial charge is 0.486 e. The van der Waals surface area contributed by atoms with Crippen molar-refractivity contribution < 1.29 is 32.2 Å². The average Bonchev–Trinajstić information content (AvgIpc) is 3.03. The highest BCUT2D eigenvalue weighted by Gasteiger charge is 2.36. The molecule has 236 valence electrons. The molecule has 0 radical (unpaired) electrons. The molecule has 0 fully saturated rings. The van der Waals surface area contributed by atoms with Crippen LogP contribution < -0.4 is 15.4 Å². The predicted octanol–water partition coefficient (Wildman–Crippen LogP) is 5.16. The molecule has 0 saturated heterocycles. The van der Waals surface area contributed by atoms with Gasteiger partial charge in [0.1, 0.15) is 11.9 Å². The van der Waals surface area contributed by atoms with Crippen LogP contribution in [-0.4, -0.2) is 73.6 Å². The fourth-order valence-corrected chi connectivity index (χ4v) is 6.49. The number of nitrogens with zero attached hydrogens (tertiary/aromatic N) is 2. The molecule has 3 amide bonds. The second-order valence-corrected chi connectivity index (χ2v) is 13.2. The Morgan fingerprint density at radius 1 is 1.02 bits per heavy atom. The first-order valence-electron chi connectivity index (χ1n) is 14.5. The van der Waals surface area contributed by atoms with Crippen LogP contribution in [0.2, 0.25) is 0 Å². The zero-order valence-electron chi connectivity index (χ0n) is 25.1. The van der Waals surface area contributed by atoms with Crippen molar-refractivity contribution in [3.63, 3.8) is 0 Å². The van der Waals surface area contributed by atoms with Gasteiger partial charge < -0.3 is 25.4 Å². The summed E-state index contributed by atoms with van der Waals surface area (Å²) in [6.45, 7) is 3.30. The predicted molar refractivity (Wildman–Crippen MR) is 170 cm³/mol. The monoisotopic (exact) mass is 634 g/mol. The van der Waals surface area contributed by atoms with Crippen LogP contribution in [0.3, 0.4) is 0 Å². The number of halogens is 1. The maximum Gasteiger partial charge on any atom is 0.323 e. The molecule has 5 rings (SSSR count). The van der Waals surface area contributed by atoms with Crippen LogP contribution >= 0.6 is 0 Å². The van der Waals surface area contributed by atoms with E-state index in [2.05, 4.69) is 10.6 Å². The minimum atomic E-state index is -4.02. The van der Waals surface area contributed by atoms with Crippen molar-refractivity contribution in [3.8, 4) is 5.75 Å². The van der Waals surface area contributed by atoms with Crippen molar-refractivity contribution in [3.05, 3.63) is 96.3 Å². The Morgan fingerprint density at radius 2 is 1.67 bits per heavy atom. The maximum absolute atomic E-state index is 13.8. The molecule has 0 unspecified atom stereocenters. The molecule has 0 aliphatic carbocycles. The third-order valence-electron chi connectivity index (χ3n) is 7.94. The van der Waals surface area contributed by atoms with Gasteiger partial charge in [-0.3, -0.25) is 4.79 Å². The van der Waals surface area contributed by atoms with Gasteiger partial charge in [0.15, 0.2) is 5.75 Å². The molecule has 10 nitrogen and oxygen atoms in total. The number of carbonyl (C=O) groups excluding carboxylic acids is 2. The van der Waals surface area contributed by atoms with Crippen molar-refractivity contribution in [2.24, 2.45) is 5.92 Å². The molecule has 4 aromatic carbocycles. The molecule has 0 aromatic heterocycles. The first-order valence-corrected chi connectivity index (χ1v) is 15.9. The van der Waals surface area contributed by atoms with E-state index in [-0.39, 0.29) is 41.6 Å². The Bertz CT molecular complexity index is 1810. The molecule has 45 heavy (non-hydrogen) atoms. The average molecular weight is 635 g/mol. The van der Waals surface area contributed by atoms with E-state index in [1.165, 1.54) is 24.1 Å². The SMILES string of the molecule is C[C@@H]1CN([C@H](C)CO)C(=O)c2cccc(NC(=O)Nc3cccc4ccccc34)c2O[C@@H]1CN(C)S(=O)(=O)c1ccc(F)cc1. The summed E-state index contributed by atoms with van der Waals surface area (Å²) in [5, 5.41) is 17.4. The standard InChI is InChI=1S/C33H35FN4O6S/c1-21-18-38(22(2)20-39)32(40)27-11-7-13-29(36-33(41)35-28-12-6-9-23-8-4-5-10-26(23)28)31(27)44-30(21)19-37(3)45(42,43)25-16-14-24(34)15-17-25/h4-17,21-22,30,39H,18-20H2,1-3H3,(H2,35,36,41)/t21-,22-,30-/m1/s1. The number of para-hydroxylation sites is 1. The number of hydrogen-bond donors (Lipinski definition) is 3. The van der Waals surface area contributed by atoms with Gasteiger partial charge in [0.25, 0.3) is 5.91 Å². The Morgan fingerprint density at radius 3 is 2.40 bits per heavy atom. The molecule has 1 aliphatic heterocycles. The number of rotatable bonds is 8. The van der Waals surface area contributed by atoms with Gasteiger partial charge in [0, 0.05) is 24.9 Å². The second kappa shape index (κ2) is 13.2. The second-order valence-electron chi connectivity index (χ2n) is 11.2. The molecule has 0 bridgehead atoms. The summed E-state index contributed by atoms with van der Waals surface area (Å²) >= 11 is 0. The highest BCUT2D eigenvalue weighted by atomic mass is 32.2. The van der Waals surface area contributed by atoms with Gasteiger partial charge in [-0.05, 0) is 54.8 Å². The number of hydrogen-bond acceptors (Lipinski definition) is 6. The molecule has 12 heteroatoms. The van der Waals surface area contributed by atoms with E-state index < -0.39 is 45.8 Å². The van der Waals surface area contributed by atoms with E-state index in [9.17, 15) is 27.5 Å². The van der Waals surface area contributed by atoms with Gasteiger partial charge in [0.05, 0.1) is 41.0 Å². The van der Waals surface area contributed by atoms with Gasteiger partial charge in [-0.15, -0.1) is 0 Å². The zero-order chi connectivity index (χ0) is 32.3. The van der Waals surface area contributed by atoms with E-state index in [0.717, 1.165) is 27.2 Å². The number of fused-ring (bicyclic) bond motifs is 2. The van der Waals surface area contributed by atoms with Gasteiger partial charge in [0.2, 0.25) is 10.0 Å². The number of benzene rings is 4. The molecule has 4 aromatic rings. The molecular formula is C33H35FN4O6S. The normalized spacial score (nSPS) is 17.6. The Hall–Kier alpha value is -4.52. The summed E-state index contributed by atoms with van der Waals surface area (Å²) in [6.07, 6.45) is -0.783. The number of nitrogens with one attached hydrogen (secondary N) is 2. The van der Waals surface area contributed by atoms with Crippen LogP contribution in [0, 0.1) is 11.7 Å². The first kappa shape index (κ1) is 31.9. The fourth-order valence-electron chi connectivity index (χ4n) is 5.31. The first-order chi connectivity index (χ1) is 21.5. The van der Waals surface area contributed by atoms with Gasteiger partial charge in [-0.2, -0.15) is 4.31 Å². The highest BCUT2D eigenvalue weighted by Crippen LogP contribution is 2.35. The lowest BCUT2D eigenvalue weighted by atomic mass is 9.99. The Balaban J connectivity index is 1.48. The third-order valence-corrected chi connectivity index (χ3v) is 9.77. The summed E-state index contributed by atoms with van der Waals surface area (Å²) in [6, 6.07) is 21.3. The van der Waals surface area contributed by atoms with Crippen molar-refractivity contribution >= 4 is 44.1 Å². The van der Waals surface area contributed by atoms with E-state index in [4.69, 9.17) is 4.74 Å². The molecule has 3 N–H and O–H groups in total. The summed E-state index contributed by atoms with van der Waals surface area (Å²) in [4.78, 5) is 28.5. The third kappa shape index (κ3) is 6.77. The van der Waals surface area contributed by atoms with Gasteiger partial charge in [-0.1, -0.05) is 49.4 Å². The number of sulfonamides is 1. The smallest absolute Gasteiger partial charge is 0.323 e. The number of aliphatic hydroxyl groups is 1. The highest BCUT2D eigenvalue weighted by molar-refractivity contribution is 7.89. The van der Waals surface area contributed by atoms with Gasteiger partial charge >= 0.3 is 6.03 Å². The van der Waals surface area contributed by atoms with Crippen molar-refractivity contribution in [1.29, 1.82) is 0 Å². The van der Waals surface area contributed by atoms with E-state index in [1.54, 1.807) is 31.2 Å². The summed E-state index contributed by atoms with van der Waals surface area (Å²) in [5.74, 6) is -1.28. The van der Waals surface area contributed by atoms with Crippen LogP contribution in [0.1, 0.15) is 24.2 Å². The molecule has 3 atom stereocenters. The lowest BCUT2D eigenvalue weighted by Gasteiger charge is -2.38. The Kier molecular flexibility index (Phi) is 9.37. The molecular weight excluding hydrogens is 599 g/mol. The van der Waals surface area contributed by atoms with Crippen LogP contribution in [0.4, 0.5) is 20.6 Å². The van der Waals surface area contributed by atoms with Crippen LogP contribution in [0.25, 0.3) is 10.8 Å². The minimum Gasteiger partial charge on any atom is -0.486 e. The van der Waals surface area contributed by atoms with Crippen LogP contribution in [-0.2, 0) is 10.0 Å². The zero-order valence-corrected chi connectivity index (χ0v) is 25.9. The topological polar surface area (TPSA) is 128 Å². The number of amides is 3. The van der Waals surface area contributed by atoms with E-state index >= 15 is 0 Å². The van der Waals surface area contributed by atoms with E-state index in [1.807, 2.05) is 43.3 Å². The fraction of sp³-hybridized carbons (Fsp3) is 0.273. The van der Waals surface area contributed by atoms with Crippen molar-refractivity contribution in [1.82, 2.24) is 9.21 Å². The molecule has 0 saturated carbocycles.